The first kappa shape index (κ1) is 40.4. The van der Waals surface area contributed by atoms with E-state index >= 15 is 0 Å². The number of para-hydroxylation sites is 1. The average Bonchev–Trinajstić information content (AvgIpc) is 3.42. The summed E-state index contributed by atoms with van der Waals surface area (Å²) in [6.45, 7) is 8.59. The Bertz CT molecular complexity index is 1450. The van der Waals surface area contributed by atoms with Gasteiger partial charge in [0.05, 0.1) is 12.1 Å². The second-order valence-corrected chi connectivity index (χ2v) is 13.2. The van der Waals surface area contributed by atoms with Gasteiger partial charge in [0.15, 0.2) is 5.78 Å². The third-order valence-corrected chi connectivity index (χ3v) is 7.78. The zero-order valence-electron chi connectivity index (χ0n) is 28.7. The summed E-state index contributed by atoms with van der Waals surface area (Å²) in [7, 11) is 0. The Balaban J connectivity index is 2.37. The van der Waals surface area contributed by atoms with E-state index in [0.29, 0.717) is 5.69 Å². The van der Waals surface area contributed by atoms with Crippen LogP contribution >= 0.6 is 0 Å². The number of aliphatic carboxylic acids is 2. The molecule has 15 nitrogen and oxygen atoms in total. The predicted molar refractivity (Wildman–Crippen MR) is 181 cm³/mol. The number of amides is 4. The van der Waals surface area contributed by atoms with Gasteiger partial charge in [0.25, 0.3) is 0 Å². The molecule has 5 atom stereocenters. The first-order chi connectivity index (χ1) is 23.0. The highest BCUT2D eigenvalue weighted by atomic mass is 16.4. The van der Waals surface area contributed by atoms with Crippen molar-refractivity contribution in [2.24, 2.45) is 17.6 Å². The molecule has 2 aromatic rings. The number of aromatic nitrogens is 1. The molecule has 0 fully saturated rings. The Labute approximate surface area is 285 Å². The van der Waals surface area contributed by atoms with Crippen LogP contribution in [-0.4, -0.2) is 86.8 Å². The van der Waals surface area contributed by atoms with Crippen LogP contribution in [0.3, 0.4) is 0 Å². The zero-order valence-corrected chi connectivity index (χ0v) is 28.7. The number of hydrogen-bond donors (Lipinski definition) is 8. The Morgan fingerprint density at radius 3 is 1.67 bits per heavy atom. The molecule has 0 saturated heterocycles. The zero-order chi connectivity index (χ0) is 36.8. The Kier molecular flexibility index (Phi) is 15.9. The topological polar surface area (TPSA) is 250 Å². The number of H-pyrrole nitrogens is 1. The van der Waals surface area contributed by atoms with E-state index in [0.717, 1.165) is 10.9 Å². The van der Waals surface area contributed by atoms with Crippen LogP contribution in [0.15, 0.2) is 30.3 Å². The fourth-order valence-electron chi connectivity index (χ4n) is 5.23. The van der Waals surface area contributed by atoms with Gasteiger partial charge in [0.1, 0.15) is 18.1 Å². The number of aromatic amines is 1. The molecule has 0 aliphatic heterocycles. The highest BCUT2D eigenvalue weighted by Crippen LogP contribution is 2.17. The standard InChI is InChI=1S/C34H50N6O9/c1-18(2)14-26(38-31(46)23(35)10-12-29(42)43)33(48)40-28(17-22-16-21-8-6-7-9-25(21)36-22)34(49)39-27(15-19(3)4)32(47)37-24(20(5)41)11-13-30(44)45/h6-9,16,18-19,23-24,26-28,36H,10-15,17,35H2,1-5H3,(H,37,47)(H,38,46)(H,39,49)(H,40,48)(H,42,43)(H,44,45)/t23-,24?,26-,27+,28-/m0/s1. The van der Waals surface area contributed by atoms with Crippen molar-refractivity contribution in [1.29, 1.82) is 0 Å². The summed E-state index contributed by atoms with van der Waals surface area (Å²) in [5, 5.41) is 29.5. The molecule has 49 heavy (non-hydrogen) atoms. The molecule has 0 aliphatic rings. The summed E-state index contributed by atoms with van der Waals surface area (Å²) in [6, 6.07) is 3.55. The van der Waals surface area contributed by atoms with Gasteiger partial charge in [-0.05, 0) is 62.0 Å². The number of carbonyl (C=O) groups is 7. The van der Waals surface area contributed by atoms with E-state index in [9.17, 15) is 33.6 Å². The molecule has 0 radical (unpaired) electrons. The van der Waals surface area contributed by atoms with Crippen LogP contribution in [-0.2, 0) is 40.0 Å². The molecule has 0 spiro atoms. The molecule has 1 heterocycles. The van der Waals surface area contributed by atoms with E-state index in [2.05, 4.69) is 26.3 Å². The summed E-state index contributed by atoms with van der Waals surface area (Å²) in [6.07, 6.45) is -0.594. The maximum atomic E-state index is 13.9. The third-order valence-electron chi connectivity index (χ3n) is 7.78. The smallest absolute Gasteiger partial charge is 0.303 e. The fraction of sp³-hybridized carbons (Fsp3) is 0.559. The highest BCUT2D eigenvalue weighted by molar-refractivity contribution is 5.96. The second-order valence-electron chi connectivity index (χ2n) is 13.2. The minimum Gasteiger partial charge on any atom is -0.481 e. The molecule has 0 saturated carbocycles. The van der Waals surface area contributed by atoms with Crippen molar-refractivity contribution in [3.63, 3.8) is 0 Å². The maximum absolute atomic E-state index is 13.9. The van der Waals surface area contributed by atoms with Gasteiger partial charge in [-0.3, -0.25) is 33.6 Å². The molecule has 9 N–H and O–H groups in total. The number of nitrogens with one attached hydrogen (secondary N) is 5. The van der Waals surface area contributed by atoms with Crippen molar-refractivity contribution in [2.75, 3.05) is 0 Å². The van der Waals surface area contributed by atoms with E-state index < -0.39 is 71.6 Å². The van der Waals surface area contributed by atoms with E-state index in [1.165, 1.54) is 6.92 Å². The molecule has 0 aliphatic carbocycles. The number of carboxylic acids is 2. The predicted octanol–water partition coefficient (Wildman–Crippen LogP) is 1.39. The monoisotopic (exact) mass is 686 g/mol. The van der Waals surface area contributed by atoms with Crippen molar-refractivity contribution in [2.45, 2.75) is 110 Å². The van der Waals surface area contributed by atoms with Gasteiger partial charge in [-0.25, -0.2) is 0 Å². The Hall–Kier alpha value is -4.79. The summed E-state index contributed by atoms with van der Waals surface area (Å²) in [5.41, 5.74) is 7.29. The Morgan fingerprint density at radius 2 is 1.16 bits per heavy atom. The van der Waals surface area contributed by atoms with E-state index in [4.69, 9.17) is 15.9 Å². The highest BCUT2D eigenvalue weighted by Gasteiger charge is 2.32. The minimum absolute atomic E-state index is 0.0164. The molecule has 4 amide bonds. The van der Waals surface area contributed by atoms with Crippen molar-refractivity contribution in [3.05, 3.63) is 36.0 Å². The summed E-state index contributed by atoms with van der Waals surface area (Å²) in [5.74, 6) is -5.60. The number of Topliss-reactive ketones (excluding diaryl/α,β-unsaturated/α-hetero) is 1. The number of rotatable bonds is 21. The number of carbonyl (C=O) groups excluding carboxylic acids is 5. The molecule has 1 aromatic heterocycles. The van der Waals surface area contributed by atoms with Crippen LogP contribution in [0.5, 0.6) is 0 Å². The van der Waals surface area contributed by atoms with Gasteiger partial charge in [0.2, 0.25) is 23.6 Å². The van der Waals surface area contributed by atoms with Crippen molar-refractivity contribution >= 4 is 52.3 Å². The number of fused-ring (bicyclic) bond motifs is 1. The molecule has 270 valence electrons. The van der Waals surface area contributed by atoms with Gasteiger partial charge in [-0.1, -0.05) is 45.9 Å². The first-order valence-electron chi connectivity index (χ1n) is 16.4. The number of nitrogens with two attached hydrogens (primary N) is 1. The van der Waals surface area contributed by atoms with Gasteiger partial charge in [0, 0.05) is 30.5 Å². The van der Waals surface area contributed by atoms with Crippen LogP contribution in [0.1, 0.15) is 78.8 Å². The SMILES string of the molecule is CC(=O)C(CCC(=O)O)NC(=O)[C@@H](CC(C)C)NC(=O)[C@H](Cc1cc2ccccc2[nH]1)NC(=O)[C@H](CC(C)C)NC(=O)[C@@H](N)CCC(=O)O. The Morgan fingerprint density at radius 1 is 0.694 bits per heavy atom. The summed E-state index contributed by atoms with van der Waals surface area (Å²) in [4.78, 5) is 91.3. The summed E-state index contributed by atoms with van der Waals surface area (Å²) < 4.78 is 0. The number of benzene rings is 1. The van der Waals surface area contributed by atoms with E-state index in [1.807, 2.05) is 58.0 Å². The van der Waals surface area contributed by atoms with Crippen LogP contribution < -0.4 is 27.0 Å². The lowest BCUT2D eigenvalue weighted by atomic mass is 9.99. The lowest BCUT2D eigenvalue weighted by Crippen LogP contribution is -2.59. The first-order valence-corrected chi connectivity index (χ1v) is 16.4. The third kappa shape index (κ3) is 14.1. The van der Waals surface area contributed by atoms with E-state index in [1.54, 1.807) is 0 Å². The second kappa shape index (κ2) is 19.3. The molecule has 0 bridgehead atoms. The van der Waals surface area contributed by atoms with E-state index in [-0.39, 0.29) is 56.8 Å². The average molecular weight is 687 g/mol. The molecular formula is C34H50N6O9. The maximum Gasteiger partial charge on any atom is 0.303 e. The number of carboxylic acid groups (broad SMARTS) is 2. The fourth-order valence-corrected chi connectivity index (χ4v) is 5.23. The number of ketones is 1. The van der Waals surface area contributed by atoms with Crippen LogP contribution in [0.25, 0.3) is 10.9 Å². The van der Waals surface area contributed by atoms with Gasteiger partial charge < -0.3 is 42.2 Å². The molecular weight excluding hydrogens is 636 g/mol. The van der Waals surface area contributed by atoms with Crippen LogP contribution in [0, 0.1) is 11.8 Å². The van der Waals surface area contributed by atoms with Gasteiger partial charge in [-0.2, -0.15) is 0 Å². The normalized spacial score (nSPS) is 14.4. The molecule has 1 aromatic carbocycles. The largest absolute Gasteiger partial charge is 0.481 e. The van der Waals surface area contributed by atoms with Gasteiger partial charge >= 0.3 is 11.9 Å². The lowest BCUT2D eigenvalue weighted by molar-refractivity contribution is -0.138. The van der Waals surface area contributed by atoms with Crippen LogP contribution in [0.2, 0.25) is 0 Å². The molecule has 1 unspecified atom stereocenters. The van der Waals surface area contributed by atoms with Crippen molar-refractivity contribution in [3.8, 4) is 0 Å². The summed E-state index contributed by atoms with van der Waals surface area (Å²) >= 11 is 0. The van der Waals surface area contributed by atoms with Crippen LogP contribution in [0.4, 0.5) is 0 Å². The molecule has 2 rings (SSSR count). The quantitative estimate of drug-likeness (QED) is 0.0937. The lowest BCUT2D eigenvalue weighted by Gasteiger charge is -2.27. The van der Waals surface area contributed by atoms with Crippen molar-refractivity contribution in [1.82, 2.24) is 26.3 Å². The van der Waals surface area contributed by atoms with Crippen molar-refractivity contribution < 1.29 is 43.8 Å². The number of hydrogen-bond acceptors (Lipinski definition) is 8. The minimum atomic E-state index is -1.23. The molecule has 15 heteroatoms. The van der Waals surface area contributed by atoms with Gasteiger partial charge in [-0.15, -0.1) is 0 Å².